The molecule has 0 amide bonds. The van der Waals surface area contributed by atoms with Crippen LogP contribution in [0.25, 0.3) is 0 Å². The van der Waals surface area contributed by atoms with Gasteiger partial charge in [-0.1, -0.05) is 193 Å². The fourth-order valence-corrected chi connectivity index (χ4v) is 8.84. The average Bonchev–Trinajstić information content (AvgIpc) is 4.03. The van der Waals surface area contributed by atoms with Gasteiger partial charge in [0.15, 0.2) is 6.10 Å². The number of carbonyl (C=O) groups is 2. The van der Waals surface area contributed by atoms with Gasteiger partial charge < -0.3 is 34.0 Å². The van der Waals surface area contributed by atoms with Crippen LogP contribution in [0.15, 0.2) is 12.2 Å². The first-order valence-electron chi connectivity index (χ1n) is 25.9. The predicted octanol–water partition coefficient (Wildman–Crippen LogP) is 12.9. The lowest BCUT2D eigenvalue weighted by molar-refractivity contribution is -0.161. The van der Waals surface area contributed by atoms with Crippen LogP contribution >= 0.6 is 15.6 Å². The van der Waals surface area contributed by atoms with Crippen molar-refractivity contribution in [3.63, 3.8) is 0 Å². The van der Waals surface area contributed by atoms with Crippen molar-refractivity contribution in [3.8, 4) is 0 Å². The van der Waals surface area contributed by atoms with Gasteiger partial charge >= 0.3 is 27.6 Å². The van der Waals surface area contributed by atoms with E-state index in [4.69, 9.17) is 33.0 Å². The molecule has 0 bridgehead atoms. The third kappa shape index (κ3) is 41.5. The Hall–Kier alpha value is -1.18. The molecule has 1 saturated heterocycles. The van der Waals surface area contributed by atoms with E-state index in [0.29, 0.717) is 25.0 Å². The second-order valence-electron chi connectivity index (χ2n) is 18.4. The Kier molecular flexibility index (Phi) is 38.7. The number of allylic oxidation sites excluding steroid dienone is 1. The molecule has 0 aromatic heterocycles. The van der Waals surface area contributed by atoms with Crippen molar-refractivity contribution in [2.75, 3.05) is 26.4 Å². The minimum Gasteiger partial charge on any atom is -0.462 e. The third-order valence-electron chi connectivity index (χ3n) is 12.1. The molecule has 4 N–H and O–H groups in total. The lowest BCUT2D eigenvalue weighted by Crippen LogP contribution is -2.30. The molecule has 14 nitrogen and oxygen atoms in total. The number of aliphatic hydroxyl groups is 1. The molecule has 0 aromatic rings. The Labute approximate surface area is 394 Å². The summed E-state index contributed by atoms with van der Waals surface area (Å²) in [6.07, 6.45) is 39.3. The van der Waals surface area contributed by atoms with Gasteiger partial charge in [-0.3, -0.25) is 23.2 Å². The van der Waals surface area contributed by atoms with Crippen LogP contribution in [0.5, 0.6) is 0 Å². The Morgan fingerprint density at radius 3 is 1.62 bits per heavy atom. The highest BCUT2D eigenvalue weighted by atomic mass is 31.2. The first-order valence-corrected chi connectivity index (χ1v) is 28.9. The monoisotopic (exact) mass is 969 g/mol. The number of aliphatic hydroxyl groups excluding tert-OH is 1. The zero-order valence-electron chi connectivity index (χ0n) is 41.0. The highest BCUT2D eigenvalue weighted by Crippen LogP contribution is 2.44. The number of hydrogen-bond acceptors (Lipinski definition) is 11. The lowest BCUT2D eigenvalue weighted by Gasteiger charge is -2.20. The van der Waals surface area contributed by atoms with Gasteiger partial charge in [0, 0.05) is 12.8 Å². The summed E-state index contributed by atoms with van der Waals surface area (Å²) in [5, 5.41) is 9.78. The molecule has 4 unspecified atom stereocenters. The lowest BCUT2D eigenvalue weighted by atomic mass is 9.99. The van der Waals surface area contributed by atoms with Crippen molar-refractivity contribution in [1.82, 2.24) is 0 Å². The number of epoxide rings is 1. The maximum Gasteiger partial charge on any atom is 0.472 e. The van der Waals surface area contributed by atoms with Gasteiger partial charge in [0.1, 0.15) is 12.7 Å². The zero-order chi connectivity index (χ0) is 47.9. The number of hydrogen-bond donors (Lipinski definition) is 4. The van der Waals surface area contributed by atoms with Crippen molar-refractivity contribution >= 4 is 27.6 Å². The molecule has 1 aliphatic rings. The number of phosphoric ester groups is 2. The van der Waals surface area contributed by atoms with Crippen LogP contribution in [0, 0.1) is 5.92 Å². The molecule has 16 heteroatoms. The molecule has 0 saturated carbocycles. The standard InChI is InChI=1S/C49H94O14P2/c1-4-6-29-35-46-47(63-46)36-31-26-22-19-20-23-27-32-37-48(51)58-41-45(42-61-65(56,57)60-40-44(50)39-59-64(53,54)55)62-49(52)38-33-28-24-18-16-14-12-10-8-7-9-11-13-15-17-21-25-30-34-43(3)5-2/h26,31,43-47,50H,4-25,27-30,32-42H2,1-3H3,(H,56,57)(H2,53,54,55)/b31-26-/t43?,44-,45+,46?,47?/m0/s1. The molecule has 0 spiro atoms. The summed E-state index contributed by atoms with van der Waals surface area (Å²) in [6, 6.07) is 0. The molecule has 65 heavy (non-hydrogen) atoms. The number of ether oxygens (including phenoxy) is 3. The molecule has 1 aliphatic heterocycles. The molecule has 0 radical (unpaired) electrons. The van der Waals surface area contributed by atoms with Gasteiger partial charge in [0.05, 0.1) is 32.0 Å². The van der Waals surface area contributed by atoms with E-state index < -0.39 is 59.6 Å². The average molecular weight is 969 g/mol. The normalized spacial score (nSPS) is 17.5. The fourth-order valence-electron chi connectivity index (χ4n) is 7.69. The van der Waals surface area contributed by atoms with E-state index in [-0.39, 0.29) is 19.4 Å². The van der Waals surface area contributed by atoms with Crippen molar-refractivity contribution in [2.45, 2.75) is 257 Å². The topological polar surface area (TPSA) is 208 Å². The van der Waals surface area contributed by atoms with E-state index in [9.17, 15) is 28.7 Å². The summed E-state index contributed by atoms with van der Waals surface area (Å²) in [5.74, 6) is -0.157. The third-order valence-corrected chi connectivity index (χ3v) is 13.5. The first-order chi connectivity index (χ1) is 31.2. The van der Waals surface area contributed by atoms with Crippen LogP contribution < -0.4 is 0 Å². The Morgan fingerprint density at radius 2 is 1.08 bits per heavy atom. The second-order valence-corrected chi connectivity index (χ2v) is 21.1. The van der Waals surface area contributed by atoms with E-state index in [1.807, 2.05) is 0 Å². The number of carbonyl (C=O) groups excluding carboxylic acids is 2. The van der Waals surface area contributed by atoms with E-state index >= 15 is 0 Å². The van der Waals surface area contributed by atoms with E-state index in [0.717, 1.165) is 63.7 Å². The van der Waals surface area contributed by atoms with Crippen molar-refractivity contribution in [1.29, 1.82) is 0 Å². The van der Waals surface area contributed by atoms with E-state index in [2.05, 4.69) is 37.4 Å². The molecule has 384 valence electrons. The van der Waals surface area contributed by atoms with Crippen LogP contribution in [0.4, 0.5) is 0 Å². The maximum atomic E-state index is 12.7. The van der Waals surface area contributed by atoms with E-state index in [1.165, 1.54) is 128 Å². The van der Waals surface area contributed by atoms with Crippen molar-refractivity contribution < 1.29 is 66.3 Å². The maximum absolute atomic E-state index is 12.7. The smallest absolute Gasteiger partial charge is 0.462 e. The Balaban J connectivity index is 2.26. The summed E-state index contributed by atoms with van der Waals surface area (Å²) < 4.78 is 53.7. The van der Waals surface area contributed by atoms with E-state index in [1.54, 1.807) is 0 Å². The van der Waals surface area contributed by atoms with Gasteiger partial charge in [-0.05, 0) is 44.4 Å². The highest BCUT2D eigenvalue weighted by Gasteiger charge is 2.36. The van der Waals surface area contributed by atoms with Crippen LogP contribution in [0.1, 0.15) is 233 Å². The molecule has 1 fully saturated rings. The summed E-state index contributed by atoms with van der Waals surface area (Å²) >= 11 is 0. The largest absolute Gasteiger partial charge is 0.472 e. The van der Waals surface area contributed by atoms with Crippen LogP contribution in [0.2, 0.25) is 0 Å². The predicted molar refractivity (Wildman–Crippen MR) is 257 cm³/mol. The molecular weight excluding hydrogens is 874 g/mol. The molecule has 6 atom stereocenters. The summed E-state index contributed by atoms with van der Waals surface area (Å²) in [6.45, 7) is 4.14. The fraction of sp³-hybridized carbons (Fsp3) is 0.918. The number of esters is 2. The Morgan fingerprint density at radius 1 is 0.585 bits per heavy atom. The molecule has 0 aliphatic carbocycles. The zero-order valence-corrected chi connectivity index (χ0v) is 42.8. The molecule has 1 heterocycles. The minimum atomic E-state index is -4.87. The SMILES string of the molecule is CCCCCC1OC1C/C=C\CCCCCCCC(=O)OC[C@H](COP(=O)(O)OC[C@@H](O)COP(=O)(O)O)OC(=O)CCCCCCCCCCCCCCCCCCCCC(C)CC. The first kappa shape index (κ1) is 61.8. The van der Waals surface area contributed by atoms with Crippen molar-refractivity contribution in [3.05, 3.63) is 12.2 Å². The molecule has 0 aromatic carbocycles. The van der Waals surface area contributed by atoms with Crippen LogP contribution in [0.3, 0.4) is 0 Å². The van der Waals surface area contributed by atoms with Gasteiger partial charge in [-0.2, -0.15) is 0 Å². The quantitative estimate of drug-likeness (QED) is 0.0147. The van der Waals surface area contributed by atoms with Gasteiger partial charge in [-0.25, -0.2) is 9.13 Å². The number of phosphoric acid groups is 2. The highest BCUT2D eigenvalue weighted by molar-refractivity contribution is 7.47. The van der Waals surface area contributed by atoms with Gasteiger partial charge in [0.25, 0.3) is 0 Å². The number of unbranched alkanes of at least 4 members (excludes halogenated alkanes) is 24. The van der Waals surface area contributed by atoms with Crippen molar-refractivity contribution in [2.24, 2.45) is 5.92 Å². The van der Waals surface area contributed by atoms with Crippen LogP contribution in [-0.2, 0) is 46.5 Å². The summed E-state index contributed by atoms with van der Waals surface area (Å²) in [4.78, 5) is 52.9. The van der Waals surface area contributed by atoms with Crippen LogP contribution in [-0.4, -0.2) is 82.6 Å². The molecule has 1 rings (SSSR count). The number of rotatable bonds is 48. The van der Waals surface area contributed by atoms with Gasteiger partial charge in [0.2, 0.25) is 0 Å². The second kappa shape index (κ2) is 40.7. The Bertz CT molecular complexity index is 1280. The summed E-state index contributed by atoms with van der Waals surface area (Å²) in [5.41, 5.74) is 0. The summed E-state index contributed by atoms with van der Waals surface area (Å²) in [7, 11) is -9.68. The minimum absolute atomic E-state index is 0.131. The van der Waals surface area contributed by atoms with Gasteiger partial charge in [-0.15, -0.1) is 0 Å². The molecular formula is C49H94O14P2.